The molecule has 0 aliphatic rings. The molecule has 0 aliphatic carbocycles. The summed E-state index contributed by atoms with van der Waals surface area (Å²) in [6, 6.07) is 4.93. The van der Waals surface area contributed by atoms with Crippen LogP contribution in [0.2, 0.25) is 0 Å². The number of halogens is 4. The molecule has 0 unspecified atom stereocenters. The lowest BCUT2D eigenvalue weighted by Crippen LogP contribution is -2.16. The van der Waals surface area contributed by atoms with Gasteiger partial charge in [-0.25, -0.2) is 4.98 Å². The maximum absolute atomic E-state index is 12.0. The Kier molecular flexibility index (Phi) is 4.51. The number of aliphatic hydroxyl groups is 1. The summed E-state index contributed by atoms with van der Waals surface area (Å²) < 4.78 is 45.7. The number of benzene rings is 1. The lowest BCUT2D eigenvalue weighted by molar-refractivity contribution is -0.274. The second kappa shape index (κ2) is 5.98. The number of thiazole rings is 1. The molecule has 0 radical (unpaired) electrons. The van der Waals surface area contributed by atoms with E-state index in [1.165, 1.54) is 12.1 Å². The molecule has 0 amide bonds. The first-order valence-electron chi connectivity index (χ1n) is 5.17. The molecule has 1 aromatic heterocycles. The van der Waals surface area contributed by atoms with Crippen LogP contribution in [-0.2, 0) is 6.61 Å². The molecule has 0 saturated carbocycles. The third-order valence-corrected chi connectivity index (χ3v) is 3.75. The van der Waals surface area contributed by atoms with Crippen molar-refractivity contribution in [2.24, 2.45) is 0 Å². The van der Waals surface area contributed by atoms with E-state index in [-0.39, 0.29) is 17.6 Å². The van der Waals surface area contributed by atoms with E-state index in [9.17, 15) is 13.2 Å². The fourth-order valence-electron chi connectivity index (χ4n) is 1.26. The monoisotopic (exact) mass is 369 g/mol. The molecule has 0 bridgehead atoms. The van der Waals surface area contributed by atoms with Crippen molar-refractivity contribution >= 4 is 27.3 Å². The largest absolute Gasteiger partial charge is 0.573 e. The molecule has 108 valence electrons. The lowest BCUT2D eigenvalue weighted by atomic mass is 10.3. The molecule has 2 rings (SSSR count). The summed E-state index contributed by atoms with van der Waals surface area (Å²) in [5.74, 6) is -0.0218. The second-order valence-corrected chi connectivity index (χ2v) is 5.76. The van der Waals surface area contributed by atoms with Crippen LogP contribution in [-0.4, -0.2) is 16.5 Å². The predicted octanol–water partition coefficient (Wildman–Crippen LogP) is 4.09. The maximum Gasteiger partial charge on any atom is 0.573 e. The Labute approximate surface area is 123 Å². The van der Waals surface area contributed by atoms with Crippen LogP contribution in [0.25, 0.3) is 0 Å². The number of hydrogen-bond acceptors (Lipinski definition) is 5. The van der Waals surface area contributed by atoms with Gasteiger partial charge in [-0.3, -0.25) is 0 Å². The SMILES string of the molecule is OCc1nc(Oc2ccc(OC(F)(F)F)cc2)sc1Br. The Morgan fingerprint density at radius 1 is 1.20 bits per heavy atom. The summed E-state index contributed by atoms with van der Waals surface area (Å²) in [4.78, 5) is 3.99. The van der Waals surface area contributed by atoms with Crippen LogP contribution in [0.15, 0.2) is 28.1 Å². The van der Waals surface area contributed by atoms with Crippen LogP contribution in [0, 0.1) is 0 Å². The Bertz CT molecular complexity index is 586. The highest BCUT2D eigenvalue weighted by molar-refractivity contribution is 9.11. The minimum atomic E-state index is -4.72. The van der Waals surface area contributed by atoms with Crippen molar-refractivity contribution in [1.29, 1.82) is 0 Å². The van der Waals surface area contributed by atoms with E-state index < -0.39 is 6.36 Å². The van der Waals surface area contributed by atoms with Gasteiger partial charge in [-0.05, 0) is 40.2 Å². The van der Waals surface area contributed by atoms with E-state index in [1.807, 2.05) is 0 Å². The molecule has 0 fully saturated rings. The van der Waals surface area contributed by atoms with Crippen LogP contribution in [0.5, 0.6) is 16.7 Å². The summed E-state index contributed by atoms with van der Waals surface area (Å²) in [5.41, 5.74) is 0.432. The van der Waals surface area contributed by atoms with Crippen LogP contribution in [0.1, 0.15) is 5.69 Å². The standard InChI is InChI=1S/C11H7BrF3NO3S/c12-9-8(5-17)16-10(20-9)18-6-1-3-7(4-2-6)19-11(13,14)15/h1-4,17H,5H2. The third kappa shape index (κ3) is 4.09. The van der Waals surface area contributed by atoms with Gasteiger partial charge in [0.2, 0.25) is 0 Å². The number of ether oxygens (including phenoxy) is 2. The minimum Gasteiger partial charge on any atom is -0.431 e. The maximum atomic E-state index is 12.0. The molecule has 20 heavy (non-hydrogen) atoms. The van der Waals surface area contributed by atoms with E-state index in [0.29, 0.717) is 15.2 Å². The Hall–Kier alpha value is -1.32. The van der Waals surface area contributed by atoms with E-state index in [4.69, 9.17) is 9.84 Å². The van der Waals surface area contributed by atoms with E-state index >= 15 is 0 Å². The molecule has 1 heterocycles. The fraction of sp³-hybridized carbons (Fsp3) is 0.182. The van der Waals surface area contributed by atoms with Gasteiger partial charge in [-0.1, -0.05) is 11.3 Å². The first-order valence-corrected chi connectivity index (χ1v) is 6.78. The zero-order valence-electron chi connectivity index (χ0n) is 9.65. The highest BCUT2D eigenvalue weighted by atomic mass is 79.9. The van der Waals surface area contributed by atoms with Crippen LogP contribution >= 0.6 is 27.3 Å². The number of rotatable bonds is 4. The van der Waals surface area contributed by atoms with Gasteiger partial charge in [0.25, 0.3) is 5.19 Å². The molecule has 1 aromatic carbocycles. The molecule has 0 saturated heterocycles. The van der Waals surface area contributed by atoms with Crippen LogP contribution in [0.3, 0.4) is 0 Å². The summed E-state index contributed by atoms with van der Waals surface area (Å²) >= 11 is 4.37. The molecule has 0 spiro atoms. The summed E-state index contributed by atoms with van der Waals surface area (Å²) in [5, 5.41) is 9.25. The highest BCUT2D eigenvalue weighted by Crippen LogP contribution is 2.34. The summed E-state index contributed by atoms with van der Waals surface area (Å²) in [7, 11) is 0. The lowest BCUT2D eigenvalue weighted by Gasteiger charge is -2.09. The zero-order chi connectivity index (χ0) is 14.8. The van der Waals surface area contributed by atoms with Crippen molar-refractivity contribution in [3.8, 4) is 16.7 Å². The highest BCUT2D eigenvalue weighted by Gasteiger charge is 2.31. The third-order valence-electron chi connectivity index (χ3n) is 2.04. The van der Waals surface area contributed by atoms with Crippen LogP contribution < -0.4 is 9.47 Å². The van der Waals surface area contributed by atoms with Crippen molar-refractivity contribution in [1.82, 2.24) is 4.98 Å². The van der Waals surface area contributed by atoms with Gasteiger partial charge in [-0.15, -0.1) is 13.2 Å². The van der Waals surface area contributed by atoms with Gasteiger partial charge >= 0.3 is 6.36 Å². The first-order chi connectivity index (χ1) is 9.37. The average Bonchev–Trinajstić information content (AvgIpc) is 2.70. The molecule has 0 atom stereocenters. The van der Waals surface area contributed by atoms with Gasteiger partial charge in [0.1, 0.15) is 11.5 Å². The number of aliphatic hydroxyl groups excluding tert-OH is 1. The van der Waals surface area contributed by atoms with Gasteiger partial charge in [0.15, 0.2) is 0 Å². The number of nitrogens with zero attached hydrogens (tertiary/aromatic N) is 1. The zero-order valence-corrected chi connectivity index (χ0v) is 12.1. The topological polar surface area (TPSA) is 51.6 Å². The number of alkyl halides is 3. The van der Waals surface area contributed by atoms with Crippen molar-refractivity contribution in [2.45, 2.75) is 13.0 Å². The molecule has 1 N–H and O–H groups in total. The fourth-order valence-corrected chi connectivity index (χ4v) is 2.57. The molecular weight excluding hydrogens is 363 g/mol. The average molecular weight is 370 g/mol. The summed E-state index contributed by atoms with van der Waals surface area (Å²) in [6.45, 7) is -0.237. The van der Waals surface area contributed by atoms with Crippen molar-refractivity contribution in [3.63, 3.8) is 0 Å². The molecule has 4 nitrogen and oxygen atoms in total. The van der Waals surface area contributed by atoms with E-state index in [1.54, 1.807) is 0 Å². The smallest absolute Gasteiger partial charge is 0.431 e. The quantitative estimate of drug-likeness (QED) is 0.881. The van der Waals surface area contributed by atoms with Gasteiger partial charge in [0, 0.05) is 0 Å². The van der Waals surface area contributed by atoms with E-state index in [0.717, 1.165) is 23.5 Å². The van der Waals surface area contributed by atoms with Gasteiger partial charge in [0.05, 0.1) is 16.1 Å². The first kappa shape index (κ1) is 15.1. The van der Waals surface area contributed by atoms with Crippen LogP contribution in [0.4, 0.5) is 13.2 Å². The molecule has 2 aromatic rings. The van der Waals surface area contributed by atoms with Crippen molar-refractivity contribution in [2.75, 3.05) is 0 Å². The van der Waals surface area contributed by atoms with Gasteiger partial charge < -0.3 is 14.6 Å². The van der Waals surface area contributed by atoms with Crippen molar-refractivity contribution in [3.05, 3.63) is 33.7 Å². The predicted molar refractivity (Wildman–Crippen MR) is 68.9 cm³/mol. The molecule has 0 aliphatic heterocycles. The second-order valence-electron chi connectivity index (χ2n) is 3.48. The Morgan fingerprint density at radius 2 is 1.80 bits per heavy atom. The van der Waals surface area contributed by atoms with E-state index in [2.05, 4.69) is 25.7 Å². The Balaban J connectivity index is 2.06. The van der Waals surface area contributed by atoms with Gasteiger partial charge in [-0.2, -0.15) is 0 Å². The summed E-state index contributed by atoms with van der Waals surface area (Å²) in [6.07, 6.45) is -4.72. The molecular formula is C11H7BrF3NO3S. The number of aromatic nitrogens is 1. The Morgan fingerprint density at radius 3 is 2.30 bits per heavy atom. The normalized spacial score (nSPS) is 11.4. The van der Waals surface area contributed by atoms with Crippen molar-refractivity contribution < 1.29 is 27.8 Å². The minimum absolute atomic E-state index is 0.237. The number of hydrogen-bond donors (Lipinski definition) is 1. The molecule has 9 heteroatoms.